The molecule has 0 radical (unpaired) electrons. The van der Waals surface area contributed by atoms with Gasteiger partial charge in [-0.3, -0.25) is 24.3 Å². The number of carbonyl (C=O) groups is 3. The molecule has 1 aromatic heterocycles. The van der Waals surface area contributed by atoms with Gasteiger partial charge in [0.05, 0.1) is 35.8 Å². The van der Waals surface area contributed by atoms with Gasteiger partial charge < -0.3 is 29.9 Å². The summed E-state index contributed by atoms with van der Waals surface area (Å²) in [6.07, 6.45) is 6.10. The van der Waals surface area contributed by atoms with E-state index in [0.29, 0.717) is 31.6 Å². The van der Waals surface area contributed by atoms with E-state index in [-0.39, 0.29) is 53.4 Å². The molecule has 8 atom stereocenters. The zero-order valence-electron chi connectivity index (χ0n) is 34.9. The van der Waals surface area contributed by atoms with Crippen LogP contribution in [-0.4, -0.2) is 115 Å². The molecule has 0 spiro atoms. The molecule has 0 bridgehead atoms. The molecule has 2 aliphatic rings. The van der Waals surface area contributed by atoms with Crippen LogP contribution < -0.4 is 10.6 Å². The average Bonchev–Trinajstić information content (AvgIpc) is 3.80. The molecule has 0 saturated carbocycles. The van der Waals surface area contributed by atoms with Gasteiger partial charge >= 0.3 is 0 Å². The van der Waals surface area contributed by atoms with Crippen molar-refractivity contribution in [3.63, 3.8) is 0 Å². The fourth-order valence-electron chi connectivity index (χ4n) is 8.70. The number of carbonyl (C=O) groups excluding carboxylic acids is 3. The lowest BCUT2D eigenvalue weighted by molar-refractivity contribution is -0.143. The Morgan fingerprint density at radius 3 is 2.36 bits per heavy atom. The maximum atomic E-state index is 14.3. The highest BCUT2D eigenvalue weighted by molar-refractivity contribution is 5.90. The zero-order valence-corrected chi connectivity index (χ0v) is 34.9. The molecule has 304 valence electrons. The molecule has 13 heteroatoms. The number of likely N-dealkylation sites (tertiary alicyclic amines) is 1. The van der Waals surface area contributed by atoms with Crippen LogP contribution in [0, 0.1) is 28.6 Å². The van der Waals surface area contributed by atoms with E-state index in [1.54, 1.807) is 19.1 Å². The molecule has 4 rings (SSSR count). The highest BCUT2D eigenvalue weighted by atomic mass is 16.5. The minimum atomic E-state index is -0.746. The van der Waals surface area contributed by atoms with E-state index in [1.165, 1.54) is 0 Å². The Hall–Kier alpha value is -4.10. The number of nitrogens with zero attached hydrogens (tertiary/aromatic N) is 5. The summed E-state index contributed by atoms with van der Waals surface area (Å²) in [7, 11) is 7.12. The normalized spacial score (nSPS) is 20.7. The molecule has 55 heavy (non-hydrogen) atoms. The molecule has 1 fully saturated rings. The van der Waals surface area contributed by atoms with Crippen molar-refractivity contribution in [3.8, 4) is 0 Å². The molecule has 1 saturated heterocycles. The Morgan fingerprint density at radius 2 is 1.75 bits per heavy atom. The van der Waals surface area contributed by atoms with Crippen molar-refractivity contribution in [2.45, 2.75) is 117 Å². The number of likely N-dealkylation sites (N-methyl/N-ethyl adjacent to an activating group) is 2. The summed E-state index contributed by atoms with van der Waals surface area (Å²) in [6.45, 7) is 15.0. The van der Waals surface area contributed by atoms with Gasteiger partial charge in [-0.2, -0.15) is 0 Å². The first kappa shape index (κ1) is 43.6. The monoisotopic (exact) mass is 763 g/mol. The lowest BCUT2D eigenvalue weighted by atomic mass is 9.89. The topological polar surface area (TPSA) is 146 Å². The van der Waals surface area contributed by atoms with Crippen molar-refractivity contribution in [1.82, 2.24) is 30.3 Å². The van der Waals surface area contributed by atoms with Gasteiger partial charge in [0.2, 0.25) is 17.7 Å². The fourth-order valence-corrected chi connectivity index (χ4v) is 8.70. The van der Waals surface area contributed by atoms with Gasteiger partial charge in [0.15, 0.2) is 0 Å². The minimum Gasteiger partial charge on any atom is -0.468 e. The van der Waals surface area contributed by atoms with Crippen molar-refractivity contribution in [2.75, 3.05) is 41.3 Å². The number of benzene rings is 1. The Morgan fingerprint density at radius 1 is 1.04 bits per heavy atom. The minimum absolute atomic E-state index is 0.00868. The van der Waals surface area contributed by atoms with Gasteiger partial charge in [-0.1, -0.05) is 79.2 Å². The van der Waals surface area contributed by atoms with Crippen molar-refractivity contribution in [3.05, 3.63) is 58.7 Å². The lowest BCUT2D eigenvalue weighted by Gasteiger charge is -2.39. The smallest absolute Gasteiger partial charge is 0.275 e. The summed E-state index contributed by atoms with van der Waals surface area (Å²) in [4.78, 5) is 63.8. The summed E-state index contributed by atoms with van der Waals surface area (Å²) in [6, 6.07) is 6.37. The van der Waals surface area contributed by atoms with Crippen LogP contribution in [0.2, 0.25) is 0 Å². The third kappa shape index (κ3) is 10.0. The second-order valence-corrected chi connectivity index (χ2v) is 16.4. The van der Waals surface area contributed by atoms with Crippen LogP contribution in [-0.2, 0) is 30.3 Å². The number of ether oxygens (including phenoxy) is 2. The maximum Gasteiger partial charge on any atom is 0.275 e. The highest BCUT2D eigenvalue weighted by Crippen LogP contribution is 2.39. The average molecular weight is 764 g/mol. The van der Waals surface area contributed by atoms with Crippen molar-refractivity contribution < 1.29 is 23.9 Å². The number of fused-ring (bicyclic) bond motifs is 1. The summed E-state index contributed by atoms with van der Waals surface area (Å²) in [5, 5.41) is 11.7. The number of hydrogen-bond donors (Lipinski definition) is 2. The summed E-state index contributed by atoms with van der Waals surface area (Å²) < 4.78 is 12.4. The standard InChI is InChI=1S/C42H65N7O6/c1-12-27(6)37(48(10)42(52)35(25(2)3)45-40(51)36(26(4)5)47(8)9)34-22-33(41(46-53)55-34)49-21-15-18-32(49)38(54-11)28(7)39(50)44-20-19-30-24-43-23-29-16-13-14-17-31(29)30/h13-14,16-17,23-28,32,34-38H,12,15,18-22H2,1-11H3,(H,44,50)(H,45,51)/t27-,28+,32-,34+,35-,36-,37?,38+/m0/s1. The number of aromatic nitrogens is 1. The van der Waals surface area contributed by atoms with Gasteiger partial charge in [0.25, 0.3) is 5.88 Å². The summed E-state index contributed by atoms with van der Waals surface area (Å²) >= 11 is 0. The van der Waals surface area contributed by atoms with E-state index in [4.69, 9.17) is 9.47 Å². The van der Waals surface area contributed by atoms with Crippen LogP contribution in [0.4, 0.5) is 0 Å². The van der Waals surface area contributed by atoms with Gasteiger partial charge in [0, 0.05) is 56.6 Å². The van der Waals surface area contributed by atoms with E-state index in [1.807, 2.05) is 84.2 Å². The molecule has 1 unspecified atom stereocenters. The highest BCUT2D eigenvalue weighted by Gasteiger charge is 2.46. The maximum absolute atomic E-state index is 14.3. The molecular formula is C42H65N7O6. The van der Waals surface area contributed by atoms with Gasteiger partial charge in [0.1, 0.15) is 12.1 Å². The lowest BCUT2D eigenvalue weighted by Crippen LogP contribution is -2.59. The van der Waals surface area contributed by atoms with Crippen molar-refractivity contribution >= 4 is 28.5 Å². The first-order valence-electron chi connectivity index (χ1n) is 20.0. The van der Waals surface area contributed by atoms with E-state index >= 15 is 0 Å². The summed E-state index contributed by atoms with van der Waals surface area (Å²) in [5.74, 6) is -1.07. The second-order valence-electron chi connectivity index (χ2n) is 16.4. The Bertz CT molecular complexity index is 1650. The molecule has 2 aliphatic heterocycles. The van der Waals surface area contributed by atoms with E-state index in [2.05, 4.69) is 45.6 Å². The quantitative estimate of drug-likeness (QED) is 0.181. The molecule has 0 aliphatic carbocycles. The Kier molecular flexibility index (Phi) is 15.6. The molecule has 13 nitrogen and oxygen atoms in total. The van der Waals surface area contributed by atoms with Crippen LogP contribution in [0.5, 0.6) is 0 Å². The molecule has 3 heterocycles. The largest absolute Gasteiger partial charge is 0.468 e. The van der Waals surface area contributed by atoms with Crippen LogP contribution in [0.1, 0.15) is 79.7 Å². The first-order valence-corrected chi connectivity index (χ1v) is 20.0. The van der Waals surface area contributed by atoms with E-state index < -0.39 is 30.2 Å². The summed E-state index contributed by atoms with van der Waals surface area (Å²) in [5.41, 5.74) is 1.75. The van der Waals surface area contributed by atoms with Crippen molar-refractivity contribution in [2.24, 2.45) is 28.8 Å². The number of methoxy groups -OCH3 is 1. The van der Waals surface area contributed by atoms with E-state index in [9.17, 15) is 19.3 Å². The predicted octanol–water partition coefficient (Wildman–Crippen LogP) is 5.33. The Labute approximate surface area is 327 Å². The third-order valence-electron chi connectivity index (χ3n) is 11.7. The number of hydrogen-bond acceptors (Lipinski definition) is 10. The molecule has 2 N–H and O–H groups in total. The Balaban J connectivity index is 1.48. The zero-order chi connectivity index (χ0) is 40.6. The van der Waals surface area contributed by atoms with Crippen LogP contribution in [0.25, 0.3) is 10.8 Å². The molecular weight excluding hydrogens is 699 g/mol. The number of nitroso groups, excluding NO2 is 1. The van der Waals surface area contributed by atoms with Crippen LogP contribution in [0.3, 0.4) is 0 Å². The number of pyridine rings is 1. The van der Waals surface area contributed by atoms with Crippen molar-refractivity contribution in [1.29, 1.82) is 0 Å². The predicted molar refractivity (Wildman–Crippen MR) is 216 cm³/mol. The van der Waals surface area contributed by atoms with Crippen LogP contribution >= 0.6 is 0 Å². The van der Waals surface area contributed by atoms with Gasteiger partial charge in [-0.25, -0.2) is 0 Å². The molecule has 3 amide bonds. The van der Waals surface area contributed by atoms with Gasteiger partial charge in [-0.15, -0.1) is 4.91 Å². The van der Waals surface area contributed by atoms with E-state index in [0.717, 1.165) is 35.6 Å². The fraction of sp³-hybridized carbons (Fsp3) is 0.667. The number of rotatable bonds is 19. The number of nitrogens with one attached hydrogen (secondary N) is 2. The second kappa shape index (κ2) is 19.7. The molecule has 1 aromatic carbocycles. The first-order chi connectivity index (χ1) is 26.2. The number of amides is 3. The van der Waals surface area contributed by atoms with Crippen LogP contribution in [0.15, 0.2) is 53.4 Å². The SMILES string of the molecule is CC[C@H](C)C([C@H]1CC(N2CCC[C@H]2[C@H](OC)[C@@H](C)C(=O)NCCc2cncc3ccccc23)=C(N=O)O1)N(C)C(=O)[C@@H](NC(=O)[C@H](C(C)C)N(C)C)C(C)C. The third-order valence-corrected chi connectivity index (χ3v) is 11.7. The van der Waals surface area contributed by atoms with Gasteiger partial charge in [-0.05, 0) is 62.1 Å². The molecule has 2 aromatic rings.